The van der Waals surface area contributed by atoms with Crippen LogP contribution in [0.5, 0.6) is 11.5 Å². The monoisotopic (exact) mass is 632 g/mol. The molecule has 6 rings (SSSR count). The van der Waals surface area contributed by atoms with Crippen molar-refractivity contribution in [2.75, 3.05) is 0 Å². The third-order valence-corrected chi connectivity index (χ3v) is 6.77. The molecule has 0 radical (unpaired) electrons. The van der Waals surface area contributed by atoms with E-state index in [0.29, 0.717) is 0 Å². The van der Waals surface area contributed by atoms with Crippen molar-refractivity contribution in [1.29, 1.82) is 0 Å². The van der Waals surface area contributed by atoms with Crippen LogP contribution in [0.2, 0.25) is 0 Å². The molecule has 0 heterocycles. The molecule has 0 aromatic heterocycles. The van der Waals surface area contributed by atoms with Crippen LogP contribution >= 0.6 is 0 Å². The quantitative estimate of drug-likeness (QED) is 0.0627. The average Bonchev–Trinajstić information content (AvgIpc) is 2.98. The van der Waals surface area contributed by atoms with Gasteiger partial charge >= 0.3 is 7.12 Å². The molecule has 0 saturated heterocycles. The highest BCUT2D eigenvalue weighted by molar-refractivity contribution is 6.63. The predicted octanol–water partition coefficient (Wildman–Crippen LogP) is 8.25. The SMILES string of the molecule is Fc1cc(F)c(F)c(OB(Oc2c(F)c(F)c3c(F)c(F)c4c(F)ccc5ccc2c3c54)c2c(F)c(F)c(F)c(F)c2F)c1. The second-order valence-electron chi connectivity index (χ2n) is 9.22. The predicted molar refractivity (Wildman–Crippen MR) is 129 cm³/mol. The summed E-state index contributed by atoms with van der Waals surface area (Å²) in [4.78, 5) is 0. The second kappa shape index (κ2) is 10.1. The fourth-order valence-electron chi connectivity index (χ4n) is 4.85. The first kappa shape index (κ1) is 29.2. The maximum absolute atomic E-state index is 15.5. The Labute approximate surface area is 235 Å². The topological polar surface area (TPSA) is 18.5 Å². The van der Waals surface area contributed by atoms with Gasteiger partial charge in [0, 0.05) is 28.3 Å². The summed E-state index contributed by atoms with van der Waals surface area (Å²) in [6.07, 6.45) is 0. The van der Waals surface area contributed by atoms with Gasteiger partial charge in [0.25, 0.3) is 0 Å². The van der Waals surface area contributed by atoms with Crippen LogP contribution in [-0.4, -0.2) is 7.12 Å². The van der Waals surface area contributed by atoms with E-state index < -0.39 is 127 Å². The largest absolute Gasteiger partial charge is 0.639 e. The second-order valence-corrected chi connectivity index (χ2v) is 9.22. The zero-order valence-corrected chi connectivity index (χ0v) is 20.8. The van der Waals surface area contributed by atoms with E-state index in [-0.39, 0.29) is 17.5 Å². The highest BCUT2D eigenvalue weighted by Gasteiger charge is 2.42. The lowest BCUT2D eigenvalue weighted by atomic mass is 9.77. The zero-order valence-electron chi connectivity index (χ0n) is 20.8. The Morgan fingerprint density at radius 3 is 1.66 bits per heavy atom. The molecule has 0 bridgehead atoms. The molecular formula is C28H6BF13O2. The fourth-order valence-corrected chi connectivity index (χ4v) is 4.85. The number of halogens is 13. The lowest BCUT2D eigenvalue weighted by Gasteiger charge is -2.22. The summed E-state index contributed by atoms with van der Waals surface area (Å²) in [6.45, 7) is 0. The Kier molecular flexibility index (Phi) is 6.70. The maximum Gasteiger partial charge on any atom is 0.639 e. The summed E-state index contributed by atoms with van der Waals surface area (Å²) in [5.74, 6) is -31.8. The van der Waals surface area contributed by atoms with Gasteiger partial charge in [0.1, 0.15) is 23.1 Å². The van der Waals surface area contributed by atoms with Crippen LogP contribution in [-0.2, 0) is 0 Å². The third-order valence-electron chi connectivity index (χ3n) is 6.77. The minimum Gasteiger partial charge on any atom is -0.519 e. The highest BCUT2D eigenvalue weighted by Crippen LogP contribution is 2.45. The van der Waals surface area contributed by atoms with Crippen LogP contribution in [0, 0.1) is 75.6 Å². The zero-order chi connectivity index (χ0) is 31.9. The molecule has 16 heteroatoms. The Morgan fingerprint density at radius 2 is 1.00 bits per heavy atom. The fraction of sp³-hybridized carbons (Fsp3) is 0. The smallest absolute Gasteiger partial charge is 0.519 e. The van der Waals surface area contributed by atoms with E-state index in [4.69, 9.17) is 9.31 Å². The van der Waals surface area contributed by atoms with E-state index >= 15 is 13.2 Å². The van der Waals surface area contributed by atoms with Crippen LogP contribution in [0.15, 0.2) is 36.4 Å². The molecule has 0 aliphatic carbocycles. The summed E-state index contributed by atoms with van der Waals surface area (Å²) < 4.78 is 199. The molecule has 0 atom stereocenters. The van der Waals surface area contributed by atoms with Crippen LogP contribution in [0.4, 0.5) is 57.1 Å². The van der Waals surface area contributed by atoms with E-state index in [1.165, 1.54) is 0 Å². The van der Waals surface area contributed by atoms with Crippen molar-refractivity contribution in [3.8, 4) is 11.5 Å². The van der Waals surface area contributed by atoms with E-state index in [1.807, 2.05) is 0 Å². The summed E-state index contributed by atoms with van der Waals surface area (Å²) in [7, 11) is -3.24. The average molecular weight is 632 g/mol. The van der Waals surface area contributed by atoms with Crippen molar-refractivity contribution in [2.24, 2.45) is 0 Å². The lowest BCUT2D eigenvalue weighted by Crippen LogP contribution is -2.48. The van der Waals surface area contributed by atoms with Gasteiger partial charge in [-0.2, -0.15) is 8.78 Å². The first-order valence-corrected chi connectivity index (χ1v) is 11.9. The van der Waals surface area contributed by atoms with Crippen molar-refractivity contribution < 1.29 is 66.4 Å². The summed E-state index contributed by atoms with van der Waals surface area (Å²) >= 11 is 0. The molecule has 0 N–H and O–H groups in total. The molecule has 224 valence electrons. The Balaban J connectivity index is 1.68. The van der Waals surface area contributed by atoms with Gasteiger partial charge in [-0.05, 0) is 17.5 Å². The summed E-state index contributed by atoms with van der Waals surface area (Å²) in [5, 5.41) is -4.54. The molecule has 44 heavy (non-hydrogen) atoms. The molecule has 2 nitrogen and oxygen atoms in total. The van der Waals surface area contributed by atoms with Crippen molar-refractivity contribution >= 4 is 44.9 Å². The molecule has 0 unspecified atom stereocenters. The van der Waals surface area contributed by atoms with Gasteiger partial charge in [-0.15, -0.1) is 0 Å². The van der Waals surface area contributed by atoms with E-state index in [1.54, 1.807) is 0 Å². The number of rotatable bonds is 5. The molecular weight excluding hydrogens is 626 g/mol. The summed E-state index contributed by atoms with van der Waals surface area (Å²) in [5.41, 5.74) is -2.10. The molecule has 0 saturated carbocycles. The van der Waals surface area contributed by atoms with Crippen LogP contribution in [0.3, 0.4) is 0 Å². The van der Waals surface area contributed by atoms with Gasteiger partial charge in [0.05, 0.1) is 16.2 Å². The Bertz CT molecular complexity index is 2160. The lowest BCUT2D eigenvalue weighted by molar-refractivity contribution is 0.366. The van der Waals surface area contributed by atoms with Gasteiger partial charge in [-0.3, -0.25) is 0 Å². The standard InChI is InChI=1S/C28H6BF13O2/c30-8-5-11(32)18(33)12(6-8)43-29(17-22(37)24(39)26(41)25(40)23(17)38)44-28-9-3-1-7-2-4-10(31)15-13(7)14(9)16(20(35)19(15)34)21(36)27(28)42/h1-6H. The summed E-state index contributed by atoms with van der Waals surface area (Å²) in [6, 6.07) is 3.73. The van der Waals surface area contributed by atoms with Crippen molar-refractivity contribution in [3.63, 3.8) is 0 Å². The van der Waals surface area contributed by atoms with Gasteiger partial charge in [0.2, 0.25) is 0 Å². The number of benzene rings is 6. The first-order valence-electron chi connectivity index (χ1n) is 11.9. The van der Waals surface area contributed by atoms with Crippen molar-refractivity contribution in [2.45, 2.75) is 0 Å². The van der Waals surface area contributed by atoms with E-state index in [2.05, 4.69) is 0 Å². The third kappa shape index (κ3) is 4.07. The number of hydrogen-bond donors (Lipinski definition) is 0. The normalized spacial score (nSPS) is 11.8. The van der Waals surface area contributed by atoms with Crippen LogP contribution in [0.1, 0.15) is 0 Å². The molecule has 0 fully saturated rings. The van der Waals surface area contributed by atoms with Crippen molar-refractivity contribution in [3.05, 3.63) is 112 Å². The van der Waals surface area contributed by atoms with Gasteiger partial charge in [-0.1, -0.05) is 12.1 Å². The minimum absolute atomic E-state index is 0.0147. The van der Waals surface area contributed by atoms with Gasteiger partial charge < -0.3 is 9.31 Å². The van der Waals surface area contributed by atoms with E-state index in [0.717, 1.165) is 24.3 Å². The Hall–Kier alpha value is -4.89. The van der Waals surface area contributed by atoms with E-state index in [9.17, 15) is 43.9 Å². The maximum atomic E-state index is 15.5. The molecule has 6 aromatic carbocycles. The molecule has 0 aliphatic heterocycles. The number of hydrogen-bond acceptors (Lipinski definition) is 2. The molecule has 0 aliphatic rings. The van der Waals surface area contributed by atoms with Gasteiger partial charge in [-0.25, -0.2) is 48.3 Å². The minimum atomic E-state index is -3.24. The molecule has 6 aromatic rings. The first-order chi connectivity index (χ1) is 20.7. The van der Waals surface area contributed by atoms with Gasteiger partial charge in [0.15, 0.2) is 64.0 Å². The Morgan fingerprint density at radius 1 is 0.432 bits per heavy atom. The molecule has 0 amide bonds. The molecule has 0 spiro atoms. The van der Waals surface area contributed by atoms with Crippen LogP contribution in [0.25, 0.3) is 32.3 Å². The van der Waals surface area contributed by atoms with Crippen LogP contribution < -0.4 is 14.8 Å². The van der Waals surface area contributed by atoms with Crippen molar-refractivity contribution in [1.82, 2.24) is 0 Å². The highest BCUT2D eigenvalue weighted by atomic mass is 19.2.